The van der Waals surface area contributed by atoms with Gasteiger partial charge in [-0.3, -0.25) is 4.98 Å². The van der Waals surface area contributed by atoms with Crippen LogP contribution in [0.15, 0.2) is 53.0 Å². The van der Waals surface area contributed by atoms with E-state index in [1.54, 1.807) is 24.5 Å². The molecule has 7 nitrogen and oxygen atoms in total. The average molecular weight is 391 g/mol. The van der Waals surface area contributed by atoms with Gasteiger partial charge >= 0.3 is 0 Å². The van der Waals surface area contributed by atoms with Crippen molar-refractivity contribution in [3.8, 4) is 22.1 Å². The van der Waals surface area contributed by atoms with Gasteiger partial charge in [-0.15, -0.1) is 11.3 Å². The molecule has 0 saturated heterocycles. The first-order valence-electron chi connectivity index (χ1n) is 7.60. The maximum Gasteiger partial charge on any atom is 0.244 e. The summed E-state index contributed by atoms with van der Waals surface area (Å²) in [4.78, 5) is 8.53. The van der Waals surface area contributed by atoms with E-state index in [-0.39, 0.29) is 17.2 Å². The topological polar surface area (TPSA) is 90.4 Å². The number of aromatic nitrogens is 2. The van der Waals surface area contributed by atoms with Gasteiger partial charge in [0.15, 0.2) is 0 Å². The Labute approximate surface area is 155 Å². The number of methoxy groups -OCH3 is 2. The van der Waals surface area contributed by atoms with E-state index in [1.165, 1.54) is 31.6 Å². The Morgan fingerprint density at radius 2 is 2.04 bits per heavy atom. The summed E-state index contributed by atoms with van der Waals surface area (Å²) >= 11 is 1.43. The van der Waals surface area contributed by atoms with Crippen LogP contribution in [0.2, 0.25) is 0 Å². The highest BCUT2D eigenvalue weighted by molar-refractivity contribution is 7.89. The monoisotopic (exact) mass is 391 g/mol. The van der Waals surface area contributed by atoms with Crippen LogP contribution in [0, 0.1) is 0 Å². The number of nitrogens with zero attached hydrogens (tertiary/aromatic N) is 2. The molecule has 3 aromatic rings. The highest BCUT2D eigenvalue weighted by Crippen LogP contribution is 2.28. The zero-order chi connectivity index (χ0) is 18.6. The van der Waals surface area contributed by atoms with E-state index in [0.29, 0.717) is 11.4 Å². The van der Waals surface area contributed by atoms with Crippen LogP contribution in [0.1, 0.15) is 5.69 Å². The molecule has 0 bridgehead atoms. The van der Waals surface area contributed by atoms with E-state index in [9.17, 15) is 8.42 Å². The van der Waals surface area contributed by atoms with Gasteiger partial charge in [-0.1, -0.05) is 0 Å². The number of benzene rings is 1. The van der Waals surface area contributed by atoms with Crippen molar-refractivity contribution in [2.24, 2.45) is 0 Å². The molecule has 0 atom stereocenters. The standard InChI is InChI=1S/C17H17N3O4S2/c1-23-14-5-6-15(24-2)16(8-14)26(21,22)19-10-13-11-25-17(20-13)12-4-3-7-18-9-12/h3-9,11,19H,10H2,1-2H3. The molecule has 0 aliphatic heterocycles. The zero-order valence-electron chi connectivity index (χ0n) is 14.2. The van der Waals surface area contributed by atoms with Crippen molar-refractivity contribution in [3.63, 3.8) is 0 Å². The van der Waals surface area contributed by atoms with Crippen LogP contribution in [-0.4, -0.2) is 32.6 Å². The quantitative estimate of drug-likeness (QED) is 0.666. The van der Waals surface area contributed by atoms with E-state index in [4.69, 9.17) is 9.47 Å². The van der Waals surface area contributed by atoms with E-state index >= 15 is 0 Å². The van der Waals surface area contributed by atoms with Gasteiger partial charge in [0.05, 0.1) is 26.5 Å². The molecule has 0 aliphatic carbocycles. The molecule has 0 radical (unpaired) electrons. The van der Waals surface area contributed by atoms with Crippen LogP contribution in [0.3, 0.4) is 0 Å². The lowest BCUT2D eigenvalue weighted by molar-refractivity contribution is 0.392. The number of thiazole rings is 1. The predicted molar refractivity (Wildman–Crippen MR) is 98.9 cm³/mol. The van der Waals surface area contributed by atoms with Crippen molar-refractivity contribution < 1.29 is 17.9 Å². The maximum absolute atomic E-state index is 12.6. The summed E-state index contributed by atoms with van der Waals surface area (Å²) in [5.41, 5.74) is 1.51. The van der Waals surface area contributed by atoms with Gasteiger partial charge in [0.2, 0.25) is 10.0 Å². The van der Waals surface area contributed by atoms with Gasteiger partial charge in [0.1, 0.15) is 21.4 Å². The minimum absolute atomic E-state index is 0.0158. The molecule has 0 saturated carbocycles. The smallest absolute Gasteiger partial charge is 0.244 e. The molecule has 0 fully saturated rings. The van der Waals surface area contributed by atoms with E-state index in [1.807, 2.05) is 17.5 Å². The number of hydrogen-bond acceptors (Lipinski definition) is 7. The largest absolute Gasteiger partial charge is 0.497 e. The molecule has 26 heavy (non-hydrogen) atoms. The molecule has 2 heterocycles. The molecule has 0 unspecified atom stereocenters. The molecule has 2 aromatic heterocycles. The maximum atomic E-state index is 12.6. The normalized spacial score (nSPS) is 11.3. The molecular weight excluding hydrogens is 374 g/mol. The Hall–Kier alpha value is -2.49. The Bertz CT molecular complexity index is 988. The minimum atomic E-state index is -3.79. The second-order valence-corrected chi connectivity index (χ2v) is 7.82. The SMILES string of the molecule is COc1ccc(OC)c(S(=O)(=O)NCc2csc(-c3cccnc3)n2)c1. The van der Waals surface area contributed by atoms with Gasteiger partial charge < -0.3 is 9.47 Å². The molecule has 0 aliphatic rings. The van der Waals surface area contributed by atoms with Gasteiger partial charge in [0, 0.05) is 29.4 Å². The van der Waals surface area contributed by atoms with Crippen LogP contribution in [0.5, 0.6) is 11.5 Å². The van der Waals surface area contributed by atoms with Crippen molar-refractivity contribution in [2.75, 3.05) is 14.2 Å². The molecule has 136 valence electrons. The molecule has 0 amide bonds. The molecular formula is C17H17N3O4S2. The highest BCUT2D eigenvalue weighted by atomic mass is 32.2. The molecule has 1 N–H and O–H groups in total. The van der Waals surface area contributed by atoms with Gasteiger partial charge in [-0.05, 0) is 24.3 Å². The third kappa shape index (κ3) is 4.01. The van der Waals surface area contributed by atoms with Crippen LogP contribution in [0.4, 0.5) is 0 Å². The summed E-state index contributed by atoms with van der Waals surface area (Å²) in [6, 6.07) is 8.34. The summed E-state index contributed by atoms with van der Waals surface area (Å²) in [6.07, 6.45) is 3.40. The first-order chi connectivity index (χ1) is 12.5. The second kappa shape index (κ2) is 7.81. The Morgan fingerprint density at radius 3 is 2.73 bits per heavy atom. The van der Waals surface area contributed by atoms with Crippen molar-refractivity contribution >= 4 is 21.4 Å². The average Bonchev–Trinajstić information content (AvgIpc) is 3.16. The summed E-state index contributed by atoms with van der Waals surface area (Å²) in [5.74, 6) is 0.673. The summed E-state index contributed by atoms with van der Waals surface area (Å²) in [7, 11) is -0.901. The number of rotatable bonds is 7. The molecule has 9 heteroatoms. The Balaban J connectivity index is 1.78. The second-order valence-electron chi connectivity index (χ2n) is 5.23. The third-order valence-corrected chi connectivity index (χ3v) is 5.93. The minimum Gasteiger partial charge on any atom is -0.497 e. The van der Waals surface area contributed by atoms with Crippen LogP contribution in [0.25, 0.3) is 10.6 Å². The predicted octanol–water partition coefficient (Wildman–Crippen LogP) is 2.70. The summed E-state index contributed by atoms with van der Waals surface area (Å²) in [6.45, 7) is 0.0689. The van der Waals surface area contributed by atoms with Crippen LogP contribution < -0.4 is 14.2 Å². The van der Waals surface area contributed by atoms with Gasteiger partial charge in [0.25, 0.3) is 0 Å². The first-order valence-corrected chi connectivity index (χ1v) is 9.96. The van der Waals surface area contributed by atoms with Gasteiger partial charge in [-0.25, -0.2) is 18.1 Å². The van der Waals surface area contributed by atoms with Gasteiger partial charge in [-0.2, -0.15) is 0 Å². The lowest BCUT2D eigenvalue weighted by Crippen LogP contribution is -2.24. The van der Waals surface area contributed by atoms with Crippen LogP contribution in [-0.2, 0) is 16.6 Å². The Kier molecular flexibility index (Phi) is 5.50. The number of pyridine rings is 1. The summed E-state index contributed by atoms with van der Waals surface area (Å²) < 4.78 is 38.1. The van der Waals surface area contributed by atoms with Crippen molar-refractivity contribution in [3.05, 3.63) is 53.8 Å². The van der Waals surface area contributed by atoms with E-state index in [2.05, 4.69) is 14.7 Å². The number of nitrogens with one attached hydrogen (secondary N) is 1. The number of ether oxygens (including phenoxy) is 2. The van der Waals surface area contributed by atoms with Crippen molar-refractivity contribution in [2.45, 2.75) is 11.4 Å². The van der Waals surface area contributed by atoms with Crippen molar-refractivity contribution in [1.29, 1.82) is 0 Å². The van der Waals surface area contributed by atoms with Crippen LogP contribution >= 0.6 is 11.3 Å². The lowest BCUT2D eigenvalue weighted by Gasteiger charge is -2.11. The molecule has 1 aromatic carbocycles. The fourth-order valence-corrected chi connectivity index (χ4v) is 4.24. The third-order valence-electron chi connectivity index (χ3n) is 3.56. The number of sulfonamides is 1. The zero-order valence-corrected chi connectivity index (χ0v) is 15.8. The fourth-order valence-electron chi connectivity index (χ4n) is 2.25. The first kappa shape index (κ1) is 18.3. The molecule has 0 spiro atoms. The molecule has 3 rings (SSSR count). The Morgan fingerprint density at radius 1 is 1.19 bits per heavy atom. The summed E-state index contributed by atoms with van der Waals surface area (Å²) in [5, 5.41) is 2.60. The van der Waals surface area contributed by atoms with E-state index in [0.717, 1.165) is 10.6 Å². The fraction of sp³-hybridized carbons (Fsp3) is 0.176. The van der Waals surface area contributed by atoms with Crippen molar-refractivity contribution in [1.82, 2.24) is 14.7 Å². The number of hydrogen-bond donors (Lipinski definition) is 1. The van der Waals surface area contributed by atoms with E-state index < -0.39 is 10.0 Å². The lowest BCUT2D eigenvalue weighted by atomic mass is 10.3. The highest BCUT2D eigenvalue weighted by Gasteiger charge is 2.21.